The molecule has 0 aliphatic carbocycles. The Bertz CT molecular complexity index is 410. The molecule has 0 fully saturated rings. The summed E-state index contributed by atoms with van der Waals surface area (Å²) in [7, 11) is 1.77. The Morgan fingerprint density at radius 3 is 2.76 bits per heavy atom. The number of hydrogen-bond acceptors (Lipinski definition) is 2. The number of anilines is 1. The molecular formula is C12H16BrClN2O. The first-order valence-electron chi connectivity index (χ1n) is 5.55. The van der Waals surface area contributed by atoms with Gasteiger partial charge in [0.05, 0.1) is 11.3 Å². The monoisotopic (exact) mass is 318 g/mol. The van der Waals surface area contributed by atoms with E-state index >= 15 is 0 Å². The highest BCUT2D eigenvalue weighted by Gasteiger charge is 2.14. The molecular weight excluding hydrogens is 304 g/mol. The summed E-state index contributed by atoms with van der Waals surface area (Å²) in [6.07, 6.45) is 2.03. The molecule has 0 heterocycles. The second-order valence-corrected chi connectivity index (χ2v) is 4.96. The van der Waals surface area contributed by atoms with Gasteiger partial charge in [-0.1, -0.05) is 24.9 Å². The van der Waals surface area contributed by atoms with Crippen molar-refractivity contribution < 1.29 is 4.79 Å². The van der Waals surface area contributed by atoms with Crippen LogP contribution in [0.25, 0.3) is 0 Å². The third kappa shape index (κ3) is 3.89. The lowest BCUT2D eigenvalue weighted by atomic mass is 10.1. The zero-order valence-electron chi connectivity index (χ0n) is 9.94. The molecule has 94 valence electrons. The summed E-state index contributed by atoms with van der Waals surface area (Å²) in [5, 5.41) is 6.41. The maximum atomic E-state index is 12.0. The van der Waals surface area contributed by atoms with Gasteiger partial charge in [0.25, 0.3) is 5.91 Å². The normalized spacial score (nSPS) is 10.1. The zero-order chi connectivity index (χ0) is 12.8. The Hall–Kier alpha value is -0.740. The van der Waals surface area contributed by atoms with Crippen molar-refractivity contribution in [3.63, 3.8) is 0 Å². The summed E-state index contributed by atoms with van der Waals surface area (Å²) in [6, 6.07) is 3.43. The average molecular weight is 320 g/mol. The van der Waals surface area contributed by atoms with E-state index in [1.165, 1.54) is 0 Å². The van der Waals surface area contributed by atoms with Gasteiger partial charge in [-0.2, -0.15) is 0 Å². The molecule has 1 aromatic carbocycles. The van der Waals surface area contributed by atoms with Crippen LogP contribution in [-0.2, 0) is 0 Å². The van der Waals surface area contributed by atoms with Gasteiger partial charge in [0.2, 0.25) is 0 Å². The predicted molar refractivity (Wildman–Crippen MR) is 75.9 cm³/mol. The van der Waals surface area contributed by atoms with E-state index in [0.29, 0.717) is 17.1 Å². The lowest BCUT2D eigenvalue weighted by molar-refractivity contribution is 0.0954. The Kier molecular flexibility index (Phi) is 5.78. The first kappa shape index (κ1) is 14.3. The van der Waals surface area contributed by atoms with E-state index in [4.69, 9.17) is 11.6 Å². The molecule has 0 aliphatic rings. The Balaban J connectivity index is 2.91. The standard InChI is InChI=1S/C12H16BrClN2O/c1-3-4-5-16-12(17)9-6-8(14)7-10(13)11(9)15-2/h6-7,15H,3-5H2,1-2H3,(H,16,17). The third-order valence-corrected chi connectivity index (χ3v) is 3.21. The number of nitrogens with one attached hydrogen (secondary N) is 2. The number of carbonyl (C=O) groups excluding carboxylic acids is 1. The summed E-state index contributed by atoms with van der Waals surface area (Å²) >= 11 is 9.33. The number of unbranched alkanes of at least 4 members (excludes halogenated alkanes) is 1. The number of benzene rings is 1. The minimum atomic E-state index is -0.106. The van der Waals surface area contributed by atoms with E-state index in [0.717, 1.165) is 23.0 Å². The van der Waals surface area contributed by atoms with Gasteiger partial charge in [-0.05, 0) is 34.5 Å². The molecule has 0 saturated heterocycles. The Morgan fingerprint density at radius 2 is 2.18 bits per heavy atom. The number of rotatable bonds is 5. The lowest BCUT2D eigenvalue weighted by Gasteiger charge is -2.12. The summed E-state index contributed by atoms with van der Waals surface area (Å²) in [4.78, 5) is 12.0. The lowest BCUT2D eigenvalue weighted by Crippen LogP contribution is -2.25. The van der Waals surface area contributed by atoms with Gasteiger partial charge >= 0.3 is 0 Å². The molecule has 5 heteroatoms. The number of carbonyl (C=O) groups is 1. The van der Waals surface area contributed by atoms with E-state index in [1.54, 1.807) is 19.2 Å². The predicted octanol–water partition coefficient (Wildman–Crippen LogP) is 3.67. The maximum Gasteiger partial charge on any atom is 0.253 e. The molecule has 0 atom stereocenters. The molecule has 2 N–H and O–H groups in total. The van der Waals surface area contributed by atoms with Crippen molar-refractivity contribution in [1.29, 1.82) is 0 Å². The smallest absolute Gasteiger partial charge is 0.253 e. The molecule has 0 radical (unpaired) electrons. The van der Waals surface area contributed by atoms with Gasteiger partial charge < -0.3 is 10.6 Å². The minimum absolute atomic E-state index is 0.106. The zero-order valence-corrected chi connectivity index (χ0v) is 12.3. The molecule has 0 saturated carbocycles. The fourth-order valence-electron chi connectivity index (χ4n) is 1.48. The second kappa shape index (κ2) is 6.87. The van der Waals surface area contributed by atoms with Crippen molar-refractivity contribution in [3.8, 4) is 0 Å². The molecule has 0 spiro atoms. The molecule has 17 heavy (non-hydrogen) atoms. The van der Waals surface area contributed by atoms with Gasteiger partial charge in [-0.15, -0.1) is 0 Å². The van der Waals surface area contributed by atoms with Crippen LogP contribution in [0.4, 0.5) is 5.69 Å². The number of amides is 1. The highest BCUT2D eigenvalue weighted by atomic mass is 79.9. The van der Waals surface area contributed by atoms with Gasteiger partial charge in [0.15, 0.2) is 0 Å². The molecule has 0 aliphatic heterocycles. The fraction of sp³-hybridized carbons (Fsp3) is 0.417. The van der Waals surface area contributed by atoms with Crippen LogP contribution in [0.15, 0.2) is 16.6 Å². The molecule has 3 nitrogen and oxygen atoms in total. The van der Waals surface area contributed by atoms with Crippen LogP contribution < -0.4 is 10.6 Å². The van der Waals surface area contributed by atoms with Gasteiger partial charge in [0.1, 0.15) is 0 Å². The fourth-order valence-corrected chi connectivity index (χ4v) is 2.49. The van der Waals surface area contributed by atoms with E-state index in [2.05, 4.69) is 33.5 Å². The van der Waals surface area contributed by atoms with E-state index < -0.39 is 0 Å². The highest BCUT2D eigenvalue weighted by Crippen LogP contribution is 2.30. The topological polar surface area (TPSA) is 41.1 Å². The van der Waals surface area contributed by atoms with E-state index in [1.807, 2.05) is 0 Å². The number of hydrogen-bond donors (Lipinski definition) is 2. The summed E-state index contributed by atoms with van der Waals surface area (Å²) in [6.45, 7) is 2.77. The Labute approximate surface area is 115 Å². The molecule has 1 rings (SSSR count). The van der Waals surface area contributed by atoms with Crippen LogP contribution >= 0.6 is 27.5 Å². The van der Waals surface area contributed by atoms with E-state index in [-0.39, 0.29) is 5.91 Å². The first-order chi connectivity index (χ1) is 8.10. The third-order valence-electron chi connectivity index (χ3n) is 2.37. The SMILES string of the molecule is CCCCNC(=O)c1cc(Cl)cc(Br)c1NC. The van der Waals surface area contributed by atoms with Crippen molar-refractivity contribution >= 4 is 39.1 Å². The maximum absolute atomic E-state index is 12.0. The molecule has 0 bridgehead atoms. The van der Waals surface area contributed by atoms with Crippen molar-refractivity contribution in [1.82, 2.24) is 5.32 Å². The van der Waals surface area contributed by atoms with Gasteiger partial charge in [0, 0.05) is 23.1 Å². The summed E-state index contributed by atoms with van der Waals surface area (Å²) in [5.74, 6) is -0.106. The van der Waals surface area contributed by atoms with Crippen molar-refractivity contribution in [2.75, 3.05) is 18.9 Å². The van der Waals surface area contributed by atoms with Gasteiger partial charge in [-0.25, -0.2) is 0 Å². The summed E-state index contributed by atoms with van der Waals surface area (Å²) in [5.41, 5.74) is 1.31. The molecule has 1 amide bonds. The van der Waals surface area contributed by atoms with Crippen LogP contribution in [-0.4, -0.2) is 19.5 Å². The Morgan fingerprint density at radius 1 is 1.47 bits per heavy atom. The quantitative estimate of drug-likeness (QED) is 0.813. The minimum Gasteiger partial charge on any atom is -0.387 e. The first-order valence-corrected chi connectivity index (χ1v) is 6.72. The second-order valence-electron chi connectivity index (χ2n) is 3.67. The van der Waals surface area contributed by atoms with Crippen LogP contribution in [0.3, 0.4) is 0 Å². The van der Waals surface area contributed by atoms with E-state index in [9.17, 15) is 4.79 Å². The number of halogens is 2. The van der Waals surface area contributed by atoms with Crippen LogP contribution in [0.5, 0.6) is 0 Å². The highest BCUT2D eigenvalue weighted by molar-refractivity contribution is 9.10. The van der Waals surface area contributed by atoms with Crippen LogP contribution in [0.1, 0.15) is 30.1 Å². The summed E-state index contributed by atoms with van der Waals surface area (Å²) < 4.78 is 0.785. The molecule has 0 aromatic heterocycles. The average Bonchev–Trinajstić information content (AvgIpc) is 2.28. The molecule has 1 aromatic rings. The van der Waals surface area contributed by atoms with Crippen LogP contribution in [0.2, 0.25) is 5.02 Å². The van der Waals surface area contributed by atoms with Gasteiger partial charge in [-0.3, -0.25) is 4.79 Å². The van der Waals surface area contributed by atoms with Crippen LogP contribution in [0, 0.1) is 0 Å². The van der Waals surface area contributed by atoms with Crippen molar-refractivity contribution in [2.45, 2.75) is 19.8 Å². The molecule has 0 unspecified atom stereocenters. The largest absolute Gasteiger partial charge is 0.387 e. The van der Waals surface area contributed by atoms with Crippen molar-refractivity contribution in [2.24, 2.45) is 0 Å². The van der Waals surface area contributed by atoms with Crippen molar-refractivity contribution in [3.05, 3.63) is 27.2 Å².